The molecular formula is C33H35ClF3N11O5. The minimum atomic E-state index is -4.85. The molecule has 0 spiro atoms. The molecule has 4 aromatic rings. The lowest BCUT2D eigenvalue weighted by Crippen LogP contribution is -2.53. The van der Waals surface area contributed by atoms with Gasteiger partial charge in [-0.3, -0.25) is 14.4 Å². The van der Waals surface area contributed by atoms with E-state index in [1.165, 1.54) is 47.1 Å². The van der Waals surface area contributed by atoms with Gasteiger partial charge in [0.1, 0.15) is 0 Å². The predicted molar refractivity (Wildman–Crippen MR) is 185 cm³/mol. The Bertz CT molecular complexity index is 2030. The number of nitrogens with one attached hydrogen (secondary N) is 1. The van der Waals surface area contributed by atoms with Crippen molar-refractivity contribution in [3.05, 3.63) is 65.1 Å². The molecule has 3 aromatic heterocycles. The first kappa shape index (κ1) is 37.1. The largest absolute Gasteiger partial charge is 0.465 e. The van der Waals surface area contributed by atoms with Crippen molar-refractivity contribution in [1.29, 1.82) is 0 Å². The average Bonchev–Trinajstić information content (AvgIpc) is 3.75. The number of hydrogen-bond donors (Lipinski definition) is 2. The number of aromatic nitrogens is 6. The second-order valence-electron chi connectivity index (χ2n) is 12.8. The van der Waals surface area contributed by atoms with E-state index in [4.69, 9.17) is 16.7 Å². The zero-order valence-electron chi connectivity index (χ0n) is 28.8. The molecule has 16 nitrogen and oxygen atoms in total. The second-order valence-corrected chi connectivity index (χ2v) is 13.2. The summed E-state index contributed by atoms with van der Waals surface area (Å²) in [6.45, 7) is 1.81. The Morgan fingerprint density at radius 1 is 0.925 bits per heavy atom. The van der Waals surface area contributed by atoms with E-state index in [1.807, 2.05) is 0 Å². The molecule has 0 radical (unpaired) electrons. The summed E-state index contributed by atoms with van der Waals surface area (Å²) in [6.07, 6.45) is 0.211. The summed E-state index contributed by atoms with van der Waals surface area (Å²) in [7, 11) is 4.92. The molecule has 2 fully saturated rings. The topological polar surface area (TPSA) is 175 Å². The van der Waals surface area contributed by atoms with Crippen LogP contribution in [-0.2, 0) is 18.0 Å². The molecule has 0 unspecified atom stereocenters. The normalized spacial score (nSPS) is 15.4. The Morgan fingerprint density at radius 3 is 2.15 bits per heavy atom. The lowest BCUT2D eigenvalue weighted by Gasteiger charge is -2.38. The Morgan fingerprint density at radius 2 is 1.57 bits per heavy atom. The predicted octanol–water partition coefficient (Wildman–Crippen LogP) is 3.73. The van der Waals surface area contributed by atoms with Gasteiger partial charge >= 0.3 is 12.3 Å². The van der Waals surface area contributed by atoms with Crippen molar-refractivity contribution in [3.8, 4) is 17.2 Å². The van der Waals surface area contributed by atoms with E-state index >= 15 is 0 Å². The maximum atomic E-state index is 14.1. The van der Waals surface area contributed by atoms with Crippen LogP contribution in [0.25, 0.3) is 17.2 Å². The van der Waals surface area contributed by atoms with Gasteiger partial charge in [0.15, 0.2) is 11.5 Å². The van der Waals surface area contributed by atoms with Crippen LogP contribution >= 0.6 is 11.6 Å². The summed E-state index contributed by atoms with van der Waals surface area (Å²) in [5.74, 6) is -1.70. The summed E-state index contributed by atoms with van der Waals surface area (Å²) >= 11 is 6.48. The molecule has 2 aliphatic heterocycles. The molecule has 0 bridgehead atoms. The maximum Gasteiger partial charge on any atom is 0.435 e. The van der Waals surface area contributed by atoms with Gasteiger partial charge in [0, 0.05) is 78.2 Å². The third kappa shape index (κ3) is 7.74. The van der Waals surface area contributed by atoms with Crippen molar-refractivity contribution in [2.75, 3.05) is 63.6 Å². The molecule has 2 N–H and O–H groups in total. The first-order valence-corrected chi connectivity index (χ1v) is 16.9. The van der Waals surface area contributed by atoms with Crippen LogP contribution in [0.2, 0.25) is 5.02 Å². The monoisotopic (exact) mass is 757 g/mol. The van der Waals surface area contributed by atoms with Crippen LogP contribution in [0.1, 0.15) is 39.5 Å². The fourth-order valence-electron chi connectivity index (χ4n) is 6.24. The van der Waals surface area contributed by atoms with Crippen molar-refractivity contribution >= 4 is 46.8 Å². The Kier molecular flexibility index (Phi) is 10.3. The standard InChI is InChI=1S/C33H35ClF3N11O5/c1-43(2)21-15-39-31(40-16-21)48-18-23(26(42-48)33(35,36)37)25-17-38-27(44(25)3)28(49)41-20-4-5-22(24(34)14-20)30(51)46-12-10-45(11-13-46)29(50)19-6-8-47(9-7-19)32(52)53/h4-5,14-19H,6-13H2,1-3H3,(H,41,49)(H,52,53). The van der Waals surface area contributed by atoms with E-state index in [0.717, 1.165) is 17.1 Å². The van der Waals surface area contributed by atoms with Crippen LogP contribution < -0.4 is 10.2 Å². The number of carboxylic acid groups (broad SMARTS) is 1. The molecule has 1 aromatic carbocycles. The number of amides is 4. The number of piperidine rings is 1. The lowest BCUT2D eigenvalue weighted by molar-refractivity contribution is -0.141. The number of piperazine rings is 1. The molecule has 20 heteroatoms. The molecule has 280 valence electrons. The number of likely N-dealkylation sites (tertiary alicyclic amines) is 1. The van der Waals surface area contributed by atoms with Crippen LogP contribution in [0.3, 0.4) is 0 Å². The summed E-state index contributed by atoms with van der Waals surface area (Å²) in [5.41, 5.74) is -0.563. The number of nitrogens with zero attached hydrogens (tertiary/aromatic N) is 10. The molecule has 4 amide bonds. The van der Waals surface area contributed by atoms with Crippen molar-refractivity contribution in [2.24, 2.45) is 13.0 Å². The van der Waals surface area contributed by atoms with Gasteiger partial charge in [-0.25, -0.2) is 24.4 Å². The highest BCUT2D eigenvalue weighted by molar-refractivity contribution is 6.34. The van der Waals surface area contributed by atoms with Crippen LogP contribution in [-0.4, -0.2) is 126 Å². The van der Waals surface area contributed by atoms with Crippen LogP contribution in [0.4, 0.5) is 29.3 Å². The van der Waals surface area contributed by atoms with Gasteiger partial charge in [0.2, 0.25) is 5.91 Å². The number of rotatable bonds is 7. The fraction of sp³-hybridized carbons (Fsp3) is 0.394. The maximum absolute atomic E-state index is 14.1. The molecule has 2 saturated heterocycles. The first-order chi connectivity index (χ1) is 25.1. The van der Waals surface area contributed by atoms with Crippen molar-refractivity contribution < 1.29 is 37.5 Å². The Labute approximate surface area is 305 Å². The smallest absolute Gasteiger partial charge is 0.435 e. The molecule has 6 rings (SSSR count). The molecule has 0 saturated carbocycles. The fourth-order valence-corrected chi connectivity index (χ4v) is 6.50. The van der Waals surface area contributed by atoms with E-state index in [2.05, 4.69) is 25.4 Å². The highest BCUT2D eigenvalue weighted by atomic mass is 35.5. The van der Waals surface area contributed by atoms with Crippen molar-refractivity contribution in [1.82, 2.24) is 44.0 Å². The number of hydrogen-bond acceptors (Lipinski definition) is 9. The van der Waals surface area contributed by atoms with Gasteiger partial charge in [0.05, 0.1) is 46.1 Å². The summed E-state index contributed by atoms with van der Waals surface area (Å²) in [6, 6.07) is 4.31. The molecule has 5 heterocycles. The Hall–Kier alpha value is -5.72. The number of carbonyl (C=O) groups is 4. The molecule has 0 atom stereocenters. The minimum absolute atomic E-state index is 0.0389. The number of carbonyl (C=O) groups excluding carboxylic acids is 3. The quantitative estimate of drug-likeness (QED) is 0.283. The van der Waals surface area contributed by atoms with Crippen molar-refractivity contribution in [2.45, 2.75) is 19.0 Å². The number of imidazole rings is 1. The van der Waals surface area contributed by atoms with Crippen molar-refractivity contribution in [3.63, 3.8) is 0 Å². The van der Waals surface area contributed by atoms with Crippen LogP contribution in [0, 0.1) is 5.92 Å². The van der Waals surface area contributed by atoms with Gasteiger partial charge in [-0.2, -0.15) is 18.3 Å². The molecule has 0 aliphatic carbocycles. The Balaban J connectivity index is 1.10. The molecule has 53 heavy (non-hydrogen) atoms. The molecule has 2 aliphatic rings. The van der Waals surface area contributed by atoms with Crippen LogP contribution in [0.15, 0.2) is 43.0 Å². The van der Waals surface area contributed by atoms with Gasteiger partial charge in [0.25, 0.3) is 17.8 Å². The summed E-state index contributed by atoms with van der Waals surface area (Å²) in [5, 5.41) is 15.5. The summed E-state index contributed by atoms with van der Waals surface area (Å²) in [4.78, 5) is 69.4. The zero-order chi connectivity index (χ0) is 38.2. The van der Waals surface area contributed by atoms with E-state index in [-0.39, 0.29) is 70.1 Å². The highest BCUT2D eigenvalue weighted by Gasteiger charge is 2.39. The van der Waals surface area contributed by atoms with E-state index < -0.39 is 23.9 Å². The first-order valence-electron chi connectivity index (χ1n) is 16.5. The van der Waals surface area contributed by atoms with E-state index in [9.17, 15) is 32.3 Å². The second kappa shape index (κ2) is 14.7. The van der Waals surface area contributed by atoms with E-state index in [1.54, 1.807) is 28.8 Å². The summed E-state index contributed by atoms with van der Waals surface area (Å²) < 4.78 is 44.4. The van der Waals surface area contributed by atoms with Crippen LogP contribution in [0.5, 0.6) is 0 Å². The SMILES string of the molecule is CN(C)c1cnc(-n2cc(-c3cnc(C(=O)Nc4ccc(C(=O)N5CCN(C(=O)C6CCN(C(=O)O)CC6)CC5)c(Cl)c4)n3C)c(C(F)(F)F)n2)nc1. The average molecular weight is 758 g/mol. The lowest BCUT2D eigenvalue weighted by atomic mass is 9.95. The number of halogens is 4. The van der Waals surface area contributed by atoms with E-state index in [0.29, 0.717) is 44.7 Å². The van der Waals surface area contributed by atoms with Gasteiger partial charge in [-0.15, -0.1) is 0 Å². The number of benzene rings is 1. The van der Waals surface area contributed by atoms with Gasteiger partial charge in [-0.1, -0.05) is 11.6 Å². The number of alkyl halides is 3. The van der Waals surface area contributed by atoms with Gasteiger partial charge in [-0.05, 0) is 31.0 Å². The zero-order valence-corrected chi connectivity index (χ0v) is 29.6. The molecular weight excluding hydrogens is 723 g/mol. The third-order valence-corrected chi connectivity index (χ3v) is 9.56. The third-order valence-electron chi connectivity index (χ3n) is 9.25. The minimum Gasteiger partial charge on any atom is -0.465 e. The number of anilines is 2. The van der Waals surface area contributed by atoms with Gasteiger partial charge < -0.3 is 34.6 Å². The highest BCUT2D eigenvalue weighted by Crippen LogP contribution is 2.37.